The third-order valence-corrected chi connectivity index (χ3v) is 15.4. The fourth-order valence-corrected chi connectivity index (χ4v) is 11.4. The summed E-state index contributed by atoms with van der Waals surface area (Å²) >= 11 is 0. The molecule has 0 radical (unpaired) electrons. The average molecular weight is 1020 g/mol. The van der Waals surface area contributed by atoms with E-state index in [9.17, 15) is 23.9 Å². The number of nitriles is 2. The van der Waals surface area contributed by atoms with Crippen LogP contribution in [0.15, 0.2) is 75.9 Å². The highest BCUT2D eigenvalue weighted by molar-refractivity contribution is 7.84. The maximum atomic E-state index is 12.9. The van der Waals surface area contributed by atoms with Crippen molar-refractivity contribution in [2.45, 2.75) is 95.0 Å². The summed E-state index contributed by atoms with van der Waals surface area (Å²) < 4.78 is 20.2. The number of nitrogens with one attached hydrogen (secondary N) is 2. The first-order valence-electron chi connectivity index (χ1n) is 25.1. The van der Waals surface area contributed by atoms with Crippen molar-refractivity contribution in [2.24, 2.45) is 10.8 Å². The van der Waals surface area contributed by atoms with Gasteiger partial charge in [0.1, 0.15) is 51.8 Å². The summed E-state index contributed by atoms with van der Waals surface area (Å²) in [4.78, 5) is 69.7. The van der Waals surface area contributed by atoms with Crippen molar-refractivity contribution in [3.8, 4) is 12.1 Å². The second kappa shape index (κ2) is 20.0. The van der Waals surface area contributed by atoms with Gasteiger partial charge in [-0.15, -0.1) is 0 Å². The van der Waals surface area contributed by atoms with Crippen LogP contribution in [0.4, 0.5) is 33.8 Å². The molecule has 384 valence electrons. The number of amides is 1. The Bertz CT molecular complexity index is 3330. The van der Waals surface area contributed by atoms with Crippen LogP contribution in [-0.4, -0.2) is 118 Å². The molecular weight excluding hydrogens is 961 g/mol. The van der Waals surface area contributed by atoms with Gasteiger partial charge >= 0.3 is 6.09 Å². The Morgan fingerprint density at radius 3 is 1.74 bits per heavy atom. The fourth-order valence-electron chi connectivity index (χ4n) is 10.9. The number of anilines is 5. The zero-order valence-corrected chi connectivity index (χ0v) is 42.9. The summed E-state index contributed by atoms with van der Waals surface area (Å²) in [5, 5.41) is 26.6. The molecule has 10 heterocycles. The molecule has 21 nitrogen and oxygen atoms in total. The molecule has 6 aliphatic rings. The molecule has 0 aromatic carbocycles. The number of nitrogen functional groups attached to an aromatic ring is 1. The molecule has 22 heteroatoms. The summed E-state index contributed by atoms with van der Waals surface area (Å²) in [7, 11) is -1.31. The molecule has 6 aromatic heterocycles. The number of nitrogens with two attached hydrogens (primary N) is 1. The molecule has 2 saturated carbocycles. The second-order valence-corrected chi connectivity index (χ2v) is 22.8. The molecule has 6 fully saturated rings. The normalized spacial score (nSPS) is 18.9. The van der Waals surface area contributed by atoms with E-state index < -0.39 is 16.4 Å². The van der Waals surface area contributed by atoms with E-state index >= 15 is 0 Å². The summed E-state index contributed by atoms with van der Waals surface area (Å²) in [5.41, 5.74) is 8.76. The number of carbonyl (C=O) groups is 1. The number of rotatable bonds is 7. The van der Waals surface area contributed by atoms with Gasteiger partial charge < -0.3 is 35.8 Å². The summed E-state index contributed by atoms with van der Waals surface area (Å²) in [6, 6.07) is 15.0. The van der Waals surface area contributed by atoms with E-state index in [2.05, 4.69) is 56.4 Å². The van der Waals surface area contributed by atoms with Crippen LogP contribution >= 0.6 is 0 Å². The van der Waals surface area contributed by atoms with Crippen LogP contribution < -0.4 is 37.3 Å². The van der Waals surface area contributed by atoms with Gasteiger partial charge in [0.25, 0.3) is 11.1 Å². The number of ether oxygens (including phenoxy) is 1. The topological polar surface area (TPSA) is 272 Å². The highest BCUT2D eigenvalue weighted by Crippen LogP contribution is 2.42. The lowest BCUT2D eigenvalue weighted by Gasteiger charge is -2.60. The first-order valence-corrected chi connectivity index (χ1v) is 26.7. The van der Waals surface area contributed by atoms with E-state index in [1.165, 1.54) is 18.5 Å². The number of nitrogens with zero attached hydrogens (tertiary/aromatic N) is 13. The van der Waals surface area contributed by atoms with E-state index in [1.54, 1.807) is 32.5 Å². The Hall–Kier alpha value is -7.56. The monoisotopic (exact) mass is 1020 g/mol. The molecule has 4 N–H and O–H groups in total. The standard InChI is InChI=1S/C23H24N8O.C15H22N4O2.C14H14N4O2S/c24-8-15-7-16-9-27-22(29-20(16)31(21(15)32)17-3-1-2-4-17)28-19-6-5-18(10-26-19)30-13-23(14-30)11-25-12-23;1-14(2,3)21-13(20)19-9-15(10-19)7-18(8-15)11-4-5-12(16)17-6-11;1-21(20)14-16-8-10-6-9(7-15)13(19)18(12(10)17-14)11-4-2-3-5-11/h5-7,9-10,17,25H,1-4,11-14H2,(H,26,27,28,29);4-6H,7-10H2,1-3H3,(H2,16,17);6,8,11H,2-5H2,1H3. The molecule has 1 unspecified atom stereocenters. The molecular formula is C52H60N16O5S. The van der Waals surface area contributed by atoms with Crippen molar-refractivity contribution in [3.63, 3.8) is 0 Å². The fraction of sp³-hybridized carbons (Fsp3) is 0.481. The molecule has 0 bridgehead atoms. The third-order valence-electron chi connectivity index (χ3n) is 14.7. The molecule has 6 aromatic rings. The predicted octanol–water partition coefficient (Wildman–Crippen LogP) is 5.56. The van der Waals surface area contributed by atoms with Crippen molar-refractivity contribution in [1.29, 1.82) is 10.5 Å². The van der Waals surface area contributed by atoms with Crippen LogP contribution in [0.1, 0.15) is 95.3 Å². The lowest BCUT2D eigenvalue weighted by molar-refractivity contribution is -0.0453. The van der Waals surface area contributed by atoms with Crippen LogP contribution in [0.25, 0.3) is 22.1 Å². The summed E-state index contributed by atoms with van der Waals surface area (Å²) in [6.45, 7) is 13.5. The highest BCUT2D eigenvalue weighted by atomic mass is 32.2. The summed E-state index contributed by atoms with van der Waals surface area (Å²) in [6.07, 6.45) is 16.1. The van der Waals surface area contributed by atoms with Crippen molar-refractivity contribution >= 4 is 67.9 Å². The molecule has 4 saturated heterocycles. The van der Waals surface area contributed by atoms with Crippen LogP contribution in [0, 0.1) is 33.5 Å². The third kappa shape index (κ3) is 10.2. The van der Waals surface area contributed by atoms with Gasteiger partial charge in [0.15, 0.2) is 0 Å². The van der Waals surface area contributed by atoms with Crippen molar-refractivity contribution in [1.82, 2.24) is 49.3 Å². The van der Waals surface area contributed by atoms with Gasteiger partial charge in [-0.05, 0) is 82.9 Å². The maximum absolute atomic E-state index is 12.9. The van der Waals surface area contributed by atoms with Gasteiger partial charge in [-0.25, -0.2) is 29.7 Å². The Balaban J connectivity index is 0.000000132. The van der Waals surface area contributed by atoms with Crippen LogP contribution in [0.5, 0.6) is 0 Å². The van der Waals surface area contributed by atoms with E-state index in [0.717, 1.165) is 115 Å². The predicted molar refractivity (Wildman–Crippen MR) is 281 cm³/mol. The zero-order chi connectivity index (χ0) is 51.9. The van der Waals surface area contributed by atoms with E-state index in [-0.39, 0.29) is 51.0 Å². The lowest BCUT2D eigenvalue weighted by atomic mass is 9.73. The molecule has 12 rings (SSSR count). The Labute approximate surface area is 430 Å². The molecule has 74 heavy (non-hydrogen) atoms. The molecule has 2 spiro atoms. The van der Waals surface area contributed by atoms with E-state index in [4.69, 9.17) is 15.7 Å². The quantitative estimate of drug-likeness (QED) is 0.165. The lowest BCUT2D eigenvalue weighted by Crippen LogP contribution is -2.73. The minimum Gasteiger partial charge on any atom is -0.444 e. The number of hydrogen-bond donors (Lipinski definition) is 3. The van der Waals surface area contributed by atoms with Crippen LogP contribution in [0.3, 0.4) is 0 Å². The van der Waals surface area contributed by atoms with Gasteiger partial charge in [-0.1, -0.05) is 25.7 Å². The Morgan fingerprint density at radius 2 is 1.27 bits per heavy atom. The van der Waals surface area contributed by atoms with Gasteiger partial charge in [0.2, 0.25) is 11.1 Å². The molecule has 4 aliphatic heterocycles. The van der Waals surface area contributed by atoms with E-state index in [1.807, 2.05) is 57.3 Å². The van der Waals surface area contributed by atoms with Crippen molar-refractivity contribution in [2.75, 3.05) is 79.5 Å². The molecule has 2 aliphatic carbocycles. The smallest absolute Gasteiger partial charge is 0.410 e. The molecule has 1 atom stereocenters. The first kappa shape index (κ1) is 50.0. The van der Waals surface area contributed by atoms with Crippen molar-refractivity contribution < 1.29 is 13.7 Å². The van der Waals surface area contributed by atoms with E-state index in [0.29, 0.717) is 45.1 Å². The Morgan fingerprint density at radius 1 is 0.743 bits per heavy atom. The minimum absolute atomic E-state index is 0.0568. The van der Waals surface area contributed by atoms with Crippen molar-refractivity contribution in [3.05, 3.63) is 93.0 Å². The highest BCUT2D eigenvalue weighted by Gasteiger charge is 2.54. The zero-order valence-electron chi connectivity index (χ0n) is 42.1. The van der Waals surface area contributed by atoms with Crippen LogP contribution in [0.2, 0.25) is 0 Å². The maximum Gasteiger partial charge on any atom is 0.410 e. The number of hydrogen-bond acceptors (Lipinski definition) is 18. The Kier molecular flexibility index (Phi) is 13.5. The van der Waals surface area contributed by atoms with Gasteiger partial charge in [-0.2, -0.15) is 15.5 Å². The van der Waals surface area contributed by atoms with Gasteiger partial charge in [0, 0.05) is 105 Å². The average Bonchev–Trinajstić information content (AvgIpc) is 4.06. The minimum atomic E-state index is -1.31. The first-order chi connectivity index (χ1) is 35.5. The number of carbonyl (C=O) groups excluding carboxylic acids is 1. The van der Waals surface area contributed by atoms with Gasteiger partial charge in [0.05, 0.1) is 34.6 Å². The van der Waals surface area contributed by atoms with Crippen LogP contribution in [-0.2, 0) is 15.5 Å². The van der Waals surface area contributed by atoms with Gasteiger partial charge in [-0.3, -0.25) is 22.9 Å². The largest absolute Gasteiger partial charge is 0.444 e. The number of aromatic nitrogens is 8. The second-order valence-electron chi connectivity index (χ2n) is 21.5. The summed E-state index contributed by atoms with van der Waals surface area (Å²) in [5.74, 6) is 1.57. The number of fused-ring (bicyclic) bond motifs is 2. The number of likely N-dealkylation sites (tertiary alicyclic amines) is 1. The molecule has 1 amide bonds. The SMILES string of the molecule is CC(C)(C)OC(=O)N1CC2(C1)CN(c1ccc(N)nc1)C2.CS(=O)c1ncc2cc(C#N)c(=O)n(C3CCCC3)c2n1.N#Cc1cc2cnc(Nc3ccc(N4CC5(CNC5)C4)cn3)nc2n(C2CCCC2)c1=O. The number of pyridine rings is 4.